The van der Waals surface area contributed by atoms with E-state index in [4.69, 9.17) is 0 Å². The summed E-state index contributed by atoms with van der Waals surface area (Å²) in [5.41, 5.74) is 3.07. The predicted octanol–water partition coefficient (Wildman–Crippen LogP) is 4.69. The molecule has 0 aliphatic heterocycles. The first-order valence-corrected chi connectivity index (χ1v) is 15.0. The minimum atomic E-state index is -3.78. The van der Waals surface area contributed by atoms with Crippen molar-refractivity contribution in [1.29, 1.82) is 0 Å². The minimum absolute atomic E-state index is 0.134. The van der Waals surface area contributed by atoms with Gasteiger partial charge in [-0.15, -0.1) is 0 Å². The number of carbonyl (C=O) groups is 2. The summed E-state index contributed by atoms with van der Waals surface area (Å²) in [6.07, 6.45) is 1.36. The number of hydrogen-bond acceptors (Lipinski definition) is 4. The van der Waals surface area contributed by atoms with Gasteiger partial charge in [0.25, 0.3) is 0 Å². The Hall–Kier alpha value is -3.17. The molecule has 0 fully saturated rings. The van der Waals surface area contributed by atoms with Crippen molar-refractivity contribution in [3.05, 3.63) is 100 Å². The summed E-state index contributed by atoms with van der Waals surface area (Å²) in [5, 5.41) is 2.94. The normalized spacial score (nSPS) is 12.2. The fraction of sp³-hybridized carbons (Fsp3) is 0.310. The van der Waals surface area contributed by atoms with E-state index in [9.17, 15) is 18.0 Å². The molecule has 202 valence electrons. The predicted molar refractivity (Wildman–Crippen MR) is 155 cm³/mol. The van der Waals surface area contributed by atoms with Crippen LogP contribution in [0.4, 0.5) is 5.69 Å². The lowest BCUT2D eigenvalue weighted by Crippen LogP contribution is -2.54. The van der Waals surface area contributed by atoms with E-state index in [-0.39, 0.29) is 24.9 Å². The van der Waals surface area contributed by atoms with Gasteiger partial charge in [-0.1, -0.05) is 76.1 Å². The van der Waals surface area contributed by atoms with E-state index in [0.717, 1.165) is 31.7 Å². The second-order valence-corrected chi connectivity index (χ2v) is 12.4. The van der Waals surface area contributed by atoms with Crippen LogP contribution in [0.1, 0.15) is 30.5 Å². The first-order valence-electron chi connectivity index (χ1n) is 12.4. The van der Waals surface area contributed by atoms with Crippen LogP contribution in [-0.2, 0) is 32.6 Å². The summed E-state index contributed by atoms with van der Waals surface area (Å²) in [7, 11) is -3.78. The molecule has 38 heavy (non-hydrogen) atoms. The van der Waals surface area contributed by atoms with Gasteiger partial charge < -0.3 is 10.2 Å². The number of amides is 2. The Morgan fingerprint density at radius 2 is 1.50 bits per heavy atom. The maximum Gasteiger partial charge on any atom is 0.244 e. The van der Waals surface area contributed by atoms with Gasteiger partial charge in [0.05, 0.1) is 11.9 Å². The first kappa shape index (κ1) is 29.4. The third-order valence-corrected chi connectivity index (χ3v) is 7.64. The third kappa shape index (κ3) is 8.43. The van der Waals surface area contributed by atoms with E-state index in [1.807, 2.05) is 75.4 Å². The zero-order valence-corrected chi connectivity index (χ0v) is 24.5. The first-order chi connectivity index (χ1) is 17.9. The number of carbonyl (C=O) groups excluding carboxylic acids is 2. The molecule has 7 nitrogen and oxygen atoms in total. The van der Waals surface area contributed by atoms with Gasteiger partial charge >= 0.3 is 0 Å². The highest BCUT2D eigenvalue weighted by atomic mass is 79.9. The number of hydrogen-bond donors (Lipinski definition) is 1. The molecule has 0 saturated carbocycles. The fourth-order valence-electron chi connectivity index (χ4n) is 4.05. The number of benzene rings is 3. The molecule has 3 aromatic carbocycles. The molecule has 0 saturated heterocycles. The van der Waals surface area contributed by atoms with Gasteiger partial charge in [0, 0.05) is 23.5 Å². The number of nitrogens with zero attached hydrogens (tertiary/aromatic N) is 2. The Kier molecular flexibility index (Phi) is 10.1. The topological polar surface area (TPSA) is 86.8 Å². The monoisotopic (exact) mass is 599 g/mol. The summed E-state index contributed by atoms with van der Waals surface area (Å²) in [6.45, 7) is 5.34. The van der Waals surface area contributed by atoms with Crippen LogP contribution in [0, 0.1) is 6.92 Å². The highest BCUT2D eigenvalue weighted by molar-refractivity contribution is 9.10. The van der Waals surface area contributed by atoms with Crippen LogP contribution in [0.15, 0.2) is 83.3 Å². The van der Waals surface area contributed by atoms with Crippen molar-refractivity contribution in [1.82, 2.24) is 10.2 Å². The number of sulfonamides is 1. The van der Waals surface area contributed by atoms with Crippen molar-refractivity contribution >= 4 is 43.5 Å². The molecule has 0 unspecified atom stereocenters. The van der Waals surface area contributed by atoms with Crippen molar-refractivity contribution < 1.29 is 18.0 Å². The van der Waals surface area contributed by atoms with E-state index in [1.165, 1.54) is 4.90 Å². The summed E-state index contributed by atoms with van der Waals surface area (Å²) in [5.74, 6) is -0.769. The number of anilines is 1. The maximum absolute atomic E-state index is 14.0. The van der Waals surface area contributed by atoms with Gasteiger partial charge in [-0.3, -0.25) is 13.9 Å². The Balaban J connectivity index is 2.04. The quantitative estimate of drug-likeness (QED) is 0.346. The van der Waals surface area contributed by atoms with Gasteiger partial charge in [0.1, 0.15) is 12.6 Å². The van der Waals surface area contributed by atoms with Crippen molar-refractivity contribution in [2.24, 2.45) is 0 Å². The Labute approximate surface area is 234 Å². The standard InChI is InChI=1S/C29H34BrN3O4S/c1-21(2)31-29(35)27(18-23-8-6-5-7-9-23)32(19-24-12-14-25(30)15-13-24)28(34)20-33(38(4,36)37)26-16-10-22(3)11-17-26/h5-17,21,27H,18-20H2,1-4H3,(H,31,35)/t27-/m0/s1. The lowest BCUT2D eigenvalue weighted by molar-refractivity contribution is -0.140. The zero-order chi connectivity index (χ0) is 27.9. The van der Waals surface area contributed by atoms with Crippen molar-refractivity contribution in [3.63, 3.8) is 0 Å². The van der Waals surface area contributed by atoms with Crippen LogP contribution in [0.3, 0.4) is 0 Å². The van der Waals surface area contributed by atoms with Crippen molar-refractivity contribution in [3.8, 4) is 0 Å². The highest BCUT2D eigenvalue weighted by Crippen LogP contribution is 2.21. The molecule has 1 N–H and O–H groups in total. The molecule has 0 bridgehead atoms. The van der Waals surface area contributed by atoms with Crippen LogP contribution >= 0.6 is 15.9 Å². The van der Waals surface area contributed by atoms with Gasteiger partial charge in [-0.05, 0) is 56.2 Å². The van der Waals surface area contributed by atoms with Crippen LogP contribution < -0.4 is 9.62 Å². The molecule has 0 spiro atoms. The smallest absolute Gasteiger partial charge is 0.244 e. The van der Waals surface area contributed by atoms with Crippen LogP contribution in [-0.4, -0.2) is 50.0 Å². The van der Waals surface area contributed by atoms with Gasteiger partial charge in [0.15, 0.2) is 0 Å². The Morgan fingerprint density at radius 3 is 2.05 bits per heavy atom. The molecule has 0 radical (unpaired) electrons. The molecule has 0 aliphatic rings. The number of rotatable bonds is 11. The van der Waals surface area contributed by atoms with E-state index < -0.39 is 28.5 Å². The summed E-state index contributed by atoms with van der Waals surface area (Å²) in [6, 6.07) is 22.9. The largest absolute Gasteiger partial charge is 0.352 e. The van der Waals surface area contributed by atoms with E-state index in [0.29, 0.717) is 5.69 Å². The minimum Gasteiger partial charge on any atom is -0.352 e. The molecule has 0 aromatic heterocycles. The SMILES string of the molecule is Cc1ccc(N(CC(=O)N(Cc2ccc(Br)cc2)[C@@H](Cc2ccccc2)C(=O)NC(C)C)S(C)(=O)=O)cc1. The zero-order valence-electron chi connectivity index (χ0n) is 22.1. The average Bonchev–Trinajstić information content (AvgIpc) is 2.86. The molecule has 1 atom stereocenters. The van der Waals surface area contributed by atoms with Gasteiger partial charge in [-0.25, -0.2) is 8.42 Å². The molecule has 9 heteroatoms. The molecule has 3 aromatic rings. The highest BCUT2D eigenvalue weighted by Gasteiger charge is 2.33. The van der Waals surface area contributed by atoms with Gasteiger partial charge in [0.2, 0.25) is 21.8 Å². The molecule has 3 rings (SSSR count). The Bertz CT molecular complexity index is 1330. The van der Waals surface area contributed by atoms with Crippen LogP contribution in [0.2, 0.25) is 0 Å². The lowest BCUT2D eigenvalue weighted by atomic mass is 10.0. The molecular formula is C29H34BrN3O4S. The molecular weight excluding hydrogens is 566 g/mol. The molecule has 0 aliphatic carbocycles. The molecule has 0 heterocycles. The van der Waals surface area contributed by atoms with Crippen molar-refractivity contribution in [2.45, 2.75) is 45.8 Å². The van der Waals surface area contributed by atoms with E-state index >= 15 is 0 Å². The molecule has 2 amide bonds. The van der Waals surface area contributed by atoms with Gasteiger partial charge in [-0.2, -0.15) is 0 Å². The second-order valence-electron chi connectivity index (χ2n) is 9.62. The maximum atomic E-state index is 14.0. The third-order valence-electron chi connectivity index (χ3n) is 5.97. The van der Waals surface area contributed by atoms with Crippen LogP contribution in [0.5, 0.6) is 0 Å². The summed E-state index contributed by atoms with van der Waals surface area (Å²) >= 11 is 3.43. The second kappa shape index (κ2) is 13.1. The number of halogens is 1. The summed E-state index contributed by atoms with van der Waals surface area (Å²) in [4.78, 5) is 28.9. The fourth-order valence-corrected chi connectivity index (χ4v) is 5.16. The summed E-state index contributed by atoms with van der Waals surface area (Å²) < 4.78 is 27.5. The van der Waals surface area contributed by atoms with E-state index in [1.54, 1.807) is 24.3 Å². The number of aryl methyl sites for hydroxylation is 1. The van der Waals surface area contributed by atoms with Crippen LogP contribution in [0.25, 0.3) is 0 Å². The number of nitrogens with one attached hydrogen (secondary N) is 1. The van der Waals surface area contributed by atoms with E-state index in [2.05, 4.69) is 21.2 Å². The van der Waals surface area contributed by atoms with Crippen molar-refractivity contribution in [2.75, 3.05) is 17.1 Å². The average molecular weight is 601 g/mol. The lowest BCUT2D eigenvalue weighted by Gasteiger charge is -2.34. The Morgan fingerprint density at radius 1 is 0.895 bits per heavy atom.